The van der Waals surface area contributed by atoms with E-state index in [4.69, 9.17) is 23.2 Å². The molecule has 0 aliphatic rings. The molecule has 0 amide bonds. The number of benzene rings is 1. The van der Waals surface area contributed by atoms with Crippen LogP contribution in [0.5, 0.6) is 0 Å². The summed E-state index contributed by atoms with van der Waals surface area (Å²) in [6.07, 6.45) is 0. The molecule has 19 heavy (non-hydrogen) atoms. The number of halogens is 2. The lowest BCUT2D eigenvalue weighted by Gasteiger charge is -2.13. The van der Waals surface area contributed by atoms with Crippen LogP contribution in [0.4, 0.5) is 5.69 Å². The normalized spacial score (nSPS) is 11.6. The van der Waals surface area contributed by atoms with Crippen LogP contribution < -0.4 is 5.32 Å². The number of thiazole rings is 1. The van der Waals surface area contributed by atoms with Gasteiger partial charge in [0, 0.05) is 10.8 Å². The lowest BCUT2D eigenvalue weighted by Crippen LogP contribution is -2.11. The summed E-state index contributed by atoms with van der Waals surface area (Å²) in [5, 5.41) is 7.69. The van der Waals surface area contributed by atoms with E-state index in [-0.39, 0.29) is 5.41 Å². The maximum absolute atomic E-state index is 6.11. The van der Waals surface area contributed by atoms with Gasteiger partial charge in [0.05, 0.1) is 33.0 Å². The van der Waals surface area contributed by atoms with Crippen LogP contribution in [0.1, 0.15) is 31.5 Å². The molecule has 2 nitrogen and oxygen atoms in total. The van der Waals surface area contributed by atoms with Gasteiger partial charge in [-0.2, -0.15) is 0 Å². The van der Waals surface area contributed by atoms with E-state index in [1.807, 2.05) is 18.2 Å². The molecule has 0 spiro atoms. The van der Waals surface area contributed by atoms with Crippen molar-refractivity contribution in [3.63, 3.8) is 0 Å². The predicted molar refractivity (Wildman–Crippen MR) is 84.6 cm³/mol. The highest BCUT2D eigenvalue weighted by atomic mass is 35.5. The second-order valence-corrected chi connectivity index (χ2v) is 7.02. The zero-order valence-electron chi connectivity index (χ0n) is 11.1. The van der Waals surface area contributed by atoms with Crippen molar-refractivity contribution in [2.24, 2.45) is 0 Å². The summed E-state index contributed by atoms with van der Waals surface area (Å²) in [6.45, 7) is 7.10. The Morgan fingerprint density at radius 1 is 1.21 bits per heavy atom. The SMILES string of the molecule is CC(C)(C)c1nc(CNc2c(Cl)cccc2Cl)cs1. The number of nitrogens with zero attached hydrogens (tertiary/aromatic N) is 1. The summed E-state index contributed by atoms with van der Waals surface area (Å²) < 4.78 is 0. The molecule has 0 aliphatic heterocycles. The monoisotopic (exact) mass is 314 g/mol. The van der Waals surface area contributed by atoms with Gasteiger partial charge in [-0.15, -0.1) is 11.3 Å². The van der Waals surface area contributed by atoms with Crippen LogP contribution in [0.2, 0.25) is 10.0 Å². The molecule has 2 aromatic rings. The van der Waals surface area contributed by atoms with Gasteiger partial charge in [-0.05, 0) is 12.1 Å². The van der Waals surface area contributed by atoms with Gasteiger partial charge in [-0.25, -0.2) is 4.98 Å². The van der Waals surface area contributed by atoms with Gasteiger partial charge in [0.15, 0.2) is 0 Å². The van der Waals surface area contributed by atoms with Gasteiger partial charge >= 0.3 is 0 Å². The Balaban J connectivity index is 2.09. The summed E-state index contributed by atoms with van der Waals surface area (Å²) in [6, 6.07) is 5.46. The van der Waals surface area contributed by atoms with Crippen LogP contribution >= 0.6 is 34.5 Å². The van der Waals surface area contributed by atoms with Crippen LogP contribution in [0, 0.1) is 0 Å². The number of hydrogen-bond acceptors (Lipinski definition) is 3. The molecule has 0 atom stereocenters. The number of anilines is 1. The van der Waals surface area contributed by atoms with E-state index < -0.39 is 0 Å². The Morgan fingerprint density at radius 3 is 2.37 bits per heavy atom. The third kappa shape index (κ3) is 3.62. The zero-order valence-corrected chi connectivity index (χ0v) is 13.5. The Morgan fingerprint density at radius 2 is 1.84 bits per heavy atom. The van der Waals surface area contributed by atoms with Crippen molar-refractivity contribution in [3.8, 4) is 0 Å². The molecular formula is C14H16Cl2N2S. The average Bonchev–Trinajstić information content (AvgIpc) is 2.77. The molecule has 0 saturated carbocycles. The van der Waals surface area contributed by atoms with E-state index in [1.54, 1.807) is 11.3 Å². The third-order valence-electron chi connectivity index (χ3n) is 2.60. The first-order valence-electron chi connectivity index (χ1n) is 6.00. The average molecular weight is 315 g/mol. The highest BCUT2D eigenvalue weighted by Crippen LogP contribution is 2.31. The van der Waals surface area contributed by atoms with E-state index >= 15 is 0 Å². The lowest BCUT2D eigenvalue weighted by atomic mass is 9.98. The van der Waals surface area contributed by atoms with Crippen LogP contribution in [0.25, 0.3) is 0 Å². The summed E-state index contributed by atoms with van der Waals surface area (Å²) in [4.78, 5) is 4.63. The maximum atomic E-state index is 6.11. The number of aromatic nitrogens is 1. The first kappa shape index (κ1) is 14.6. The van der Waals surface area contributed by atoms with Crippen molar-refractivity contribution in [2.45, 2.75) is 32.7 Å². The third-order valence-corrected chi connectivity index (χ3v) is 4.55. The van der Waals surface area contributed by atoms with Gasteiger partial charge in [0.2, 0.25) is 0 Å². The fourth-order valence-electron chi connectivity index (χ4n) is 1.58. The zero-order chi connectivity index (χ0) is 14.0. The molecule has 2 rings (SSSR count). The highest BCUT2D eigenvalue weighted by Gasteiger charge is 2.18. The number of rotatable bonds is 3. The van der Waals surface area contributed by atoms with Crippen molar-refractivity contribution in [1.82, 2.24) is 4.98 Å². The summed E-state index contributed by atoms with van der Waals surface area (Å²) in [7, 11) is 0. The molecule has 0 unspecified atom stereocenters. The number of hydrogen-bond donors (Lipinski definition) is 1. The molecule has 102 valence electrons. The first-order chi connectivity index (χ1) is 8.88. The minimum absolute atomic E-state index is 0.0882. The second-order valence-electron chi connectivity index (χ2n) is 5.34. The highest BCUT2D eigenvalue weighted by molar-refractivity contribution is 7.09. The smallest absolute Gasteiger partial charge is 0.0982 e. The number of nitrogens with one attached hydrogen (secondary N) is 1. The van der Waals surface area contributed by atoms with Crippen molar-refractivity contribution in [1.29, 1.82) is 0 Å². The van der Waals surface area contributed by atoms with Gasteiger partial charge in [0.1, 0.15) is 0 Å². The summed E-state index contributed by atoms with van der Waals surface area (Å²) >= 11 is 13.9. The molecule has 0 bridgehead atoms. The molecular weight excluding hydrogens is 299 g/mol. The fraction of sp³-hybridized carbons (Fsp3) is 0.357. The first-order valence-corrected chi connectivity index (χ1v) is 7.64. The Hall–Kier alpha value is -0.770. The van der Waals surface area contributed by atoms with E-state index in [0.29, 0.717) is 16.6 Å². The summed E-state index contributed by atoms with van der Waals surface area (Å²) in [5.74, 6) is 0. The van der Waals surface area contributed by atoms with Gasteiger partial charge in [-0.3, -0.25) is 0 Å². The van der Waals surface area contributed by atoms with Crippen molar-refractivity contribution in [2.75, 3.05) is 5.32 Å². The molecule has 1 aromatic carbocycles. The molecule has 5 heteroatoms. The maximum Gasteiger partial charge on any atom is 0.0982 e. The molecule has 0 radical (unpaired) electrons. The van der Waals surface area contributed by atoms with Gasteiger partial charge in [0.25, 0.3) is 0 Å². The van der Waals surface area contributed by atoms with Crippen molar-refractivity contribution in [3.05, 3.63) is 44.3 Å². The van der Waals surface area contributed by atoms with Gasteiger partial charge < -0.3 is 5.32 Å². The molecule has 0 aliphatic carbocycles. The topological polar surface area (TPSA) is 24.9 Å². The van der Waals surface area contributed by atoms with Crippen LogP contribution in [-0.2, 0) is 12.0 Å². The van der Waals surface area contributed by atoms with E-state index in [1.165, 1.54) is 0 Å². The predicted octanol–water partition coefficient (Wildman–Crippen LogP) is 5.36. The Kier molecular flexibility index (Phi) is 4.39. The van der Waals surface area contributed by atoms with E-state index in [2.05, 4.69) is 36.5 Å². The lowest BCUT2D eigenvalue weighted by molar-refractivity contribution is 0.583. The summed E-state index contributed by atoms with van der Waals surface area (Å²) in [5.41, 5.74) is 1.85. The van der Waals surface area contributed by atoms with Crippen molar-refractivity contribution >= 4 is 40.2 Å². The van der Waals surface area contributed by atoms with E-state index in [9.17, 15) is 0 Å². The quantitative estimate of drug-likeness (QED) is 0.825. The minimum atomic E-state index is 0.0882. The fourth-order valence-corrected chi connectivity index (χ4v) is 3.02. The van der Waals surface area contributed by atoms with Crippen LogP contribution in [-0.4, -0.2) is 4.98 Å². The van der Waals surface area contributed by atoms with Gasteiger partial charge in [-0.1, -0.05) is 50.0 Å². The minimum Gasteiger partial charge on any atom is -0.377 e. The molecule has 1 aromatic heterocycles. The molecule has 1 N–H and O–H groups in total. The second kappa shape index (κ2) is 5.70. The Labute approximate surface area is 127 Å². The largest absolute Gasteiger partial charge is 0.377 e. The Bertz CT molecular complexity index is 553. The standard InChI is InChI=1S/C14H16Cl2N2S/c1-14(2,3)13-18-9(8-19-13)7-17-12-10(15)5-4-6-11(12)16/h4-6,8,17H,7H2,1-3H3. The molecule has 0 saturated heterocycles. The van der Waals surface area contributed by atoms with Crippen LogP contribution in [0.3, 0.4) is 0 Å². The molecule has 0 fully saturated rings. The number of para-hydroxylation sites is 1. The van der Waals surface area contributed by atoms with Crippen LogP contribution in [0.15, 0.2) is 23.6 Å². The van der Waals surface area contributed by atoms with E-state index in [0.717, 1.165) is 16.4 Å². The van der Waals surface area contributed by atoms with Crippen molar-refractivity contribution < 1.29 is 0 Å². The molecule has 1 heterocycles.